The maximum atomic E-state index is 10.5. The third kappa shape index (κ3) is 5.04. The lowest BCUT2D eigenvalue weighted by Gasteiger charge is -2.19. The highest BCUT2D eigenvalue weighted by molar-refractivity contribution is 6.31. The normalized spacial score (nSPS) is 31.1. The summed E-state index contributed by atoms with van der Waals surface area (Å²) in [7, 11) is 0. The molecule has 2 aliphatic rings. The highest BCUT2D eigenvalue weighted by atomic mass is 35.5. The zero-order chi connectivity index (χ0) is 25.4. The number of rotatable bonds is 7. The van der Waals surface area contributed by atoms with Gasteiger partial charge in [0.25, 0.3) is 0 Å². The van der Waals surface area contributed by atoms with Gasteiger partial charge in [-0.05, 0) is 41.3 Å². The van der Waals surface area contributed by atoms with Crippen molar-refractivity contribution in [3.8, 4) is 5.75 Å². The quantitative estimate of drug-likeness (QED) is 0.503. The number of halogens is 1. The Balaban J connectivity index is 1.63. The Morgan fingerprint density at radius 1 is 1.19 bits per heavy atom. The van der Waals surface area contributed by atoms with Crippen molar-refractivity contribution in [2.24, 2.45) is 0 Å². The highest BCUT2D eigenvalue weighted by Gasteiger charge is 2.46. The molecule has 0 radical (unpaired) electrons. The maximum absolute atomic E-state index is 10.5. The molecule has 6 atom stereocenters. The van der Waals surface area contributed by atoms with E-state index in [1.165, 1.54) is 0 Å². The Morgan fingerprint density at radius 3 is 2.65 bits per heavy atom. The topological polar surface area (TPSA) is 109 Å². The molecule has 0 aromatic heterocycles. The maximum Gasteiger partial charge on any atom is 0.124 e. The zero-order valence-corrected chi connectivity index (χ0v) is 17.4. The summed E-state index contributed by atoms with van der Waals surface area (Å²) < 4.78 is 50.2. The first-order valence-electron chi connectivity index (χ1n) is 12.1. The second-order valence-corrected chi connectivity index (χ2v) is 8.10. The number of hydrogen-bond acceptors (Lipinski definition) is 7. The van der Waals surface area contributed by atoms with Gasteiger partial charge in [0.15, 0.2) is 0 Å². The smallest absolute Gasteiger partial charge is 0.124 e. The first-order valence-corrected chi connectivity index (χ1v) is 10.4. The number of ether oxygens (including phenoxy) is 3. The van der Waals surface area contributed by atoms with Crippen molar-refractivity contribution in [3.05, 3.63) is 64.1 Å². The van der Waals surface area contributed by atoms with Crippen LogP contribution in [0.1, 0.15) is 34.7 Å². The standard InChI is InChI=1S/C23H27ClO7/c24-18-6-3-14(22-20(27)21(28)23(31-22)19(26)11-25)10-15(18)9-13-1-4-16(5-2-13)30-17-7-8-29-12-17/h1-6,10,17,19-23,25-28H,7-9,11-12H2/t17-,19-,20-,21-,22?,23+/m1/s1/i1D,2D,4D,5D. The second-order valence-electron chi connectivity index (χ2n) is 7.69. The fraction of sp³-hybridized carbons (Fsp3) is 0.478. The van der Waals surface area contributed by atoms with Crippen molar-refractivity contribution in [1.82, 2.24) is 0 Å². The van der Waals surface area contributed by atoms with E-state index in [-0.39, 0.29) is 48.0 Å². The molecule has 4 N–H and O–H groups in total. The van der Waals surface area contributed by atoms with Gasteiger partial charge >= 0.3 is 0 Å². The molecule has 4 rings (SSSR count). The number of benzene rings is 2. The van der Waals surface area contributed by atoms with Crippen molar-refractivity contribution in [3.63, 3.8) is 0 Å². The molecule has 2 aromatic carbocycles. The van der Waals surface area contributed by atoms with Crippen molar-refractivity contribution < 1.29 is 40.1 Å². The molecule has 2 aromatic rings. The van der Waals surface area contributed by atoms with Gasteiger partial charge in [0.1, 0.15) is 42.4 Å². The number of hydrogen-bond donors (Lipinski definition) is 4. The minimum Gasteiger partial charge on any atom is -0.488 e. The Kier molecular flexibility index (Phi) is 5.65. The Bertz CT molecular complexity index is 1050. The van der Waals surface area contributed by atoms with Crippen LogP contribution in [-0.2, 0) is 15.9 Å². The average Bonchev–Trinajstić information content (AvgIpc) is 3.47. The predicted molar refractivity (Wildman–Crippen MR) is 113 cm³/mol. The average molecular weight is 455 g/mol. The first-order chi connectivity index (χ1) is 16.6. The van der Waals surface area contributed by atoms with Gasteiger partial charge < -0.3 is 34.6 Å². The molecule has 0 amide bonds. The van der Waals surface area contributed by atoms with Gasteiger partial charge in [0, 0.05) is 11.4 Å². The Labute approximate surface area is 191 Å². The summed E-state index contributed by atoms with van der Waals surface area (Å²) in [5, 5.41) is 40.0. The molecule has 8 heteroatoms. The molecule has 0 aliphatic carbocycles. The van der Waals surface area contributed by atoms with Gasteiger partial charge in [-0.1, -0.05) is 35.8 Å². The van der Waals surface area contributed by atoms with Crippen LogP contribution in [0.2, 0.25) is 5.02 Å². The minimum absolute atomic E-state index is 0.0387. The van der Waals surface area contributed by atoms with E-state index in [1.54, 1.807) is 18.2 Å². The van der Waals surface area contributed by atoms with E-state index in [0.29, 0.717) is 35.8 Å². The van der Waals surface area contributed by atoms with Crippen molar-refractivity contribution in [2.75, 3.05) is 19.8 Å². The third-order valence-corrected chi connectivity index (χ3v) is 5.83. The van der Waals surface area contributed by atoms with Gasteiger partial charge in [-0.25, -0.2) is 0 Å². The lowest BCUT2D eigenvalue weighted by atomic mass is 9.96. The summed E-state index contributed by atoms with van der Waals surface area (Å²) >= 11 is 6.37. The molecule has 1 unspecified atom stereocenters. The second kappa shape index (κ2) is 9.83. The SMILES string of the molecule is [2H]c1c([2H])c(O[C@@H]2CCOC2)c([2H])c([2H])c1Cc1cc(C2O[C@@H]([C@H](O)CO)[C@H](O)[C@H]2O)ccc1Cl. The Morgan fingerprint density at radius 2 is 1.97 bits per heavy atom. The zero-order valence-electron chi connectivity index (χ0n) is 20.6. The van der Waals surface area contributed by atoms with Crippen LogP contribution in [0.15, 0.2) is 42.4 Å². The first kappa shape index (κ1) is 17.8. The Hall–Kier alpha value is -1.71. The van der Waals surface area contributed by atoms with Gasteiger partial charge in [0.05, 0.1) is 25.3 Å². The third-order valence-electron chi connectivity index (χ3n) is 5.46. The highest BCUT2D eigenvalue weighted by Crippen LogP contribution is 2.36. The summed E-state index contributed by atoms with van der Waals surface area (Å²) in [6.07, 6.45) is -6.14. The van der Waals surface area contributed by atoms with Crippen LogP contribution in [0.3, 0.4) is 0 Å². The lowest BCUT2D eigenvalue weighted by molar-refractivity contribution is -0.0820. The molecule has 2 saturated heterocycles. The molecule has 2 heterocycles. The summed E-state index contributed by atoms with van der Waals surface area (Å²) in [5.74, 6) is -0.121. The molecule has 2 aliphatic heterocycles. The molecule has 7 nitrogen and oxygen atoms in total. The van der Waals surface area contributed by atoms with E-state index < -0.39 is 37.1 Å². The summed E-state index contributed by atoms with van der Waals surface area (Å²) in [5.41, 5.74) is 1.01. The van der Waals surface area contributed by atoms with Crippen LogP contribution in [0, 0.1) is 0 Å². The van der Waals surface area contributed by atoms with E-state index in [4.69, 9.17) is 31.3 Å². The van der Waals surface area contributed by atoms with E-state index in [2.05, 4.69) is 0 Å². The van der Waals surface area contributed by atoms with E-state index in [1.807, 2.05) is 0 Å². The molecule has 2 fully saturated rings. The van der Waals surface area contributed by atoms with Crippen LogP contribution in [0.4, 0.5) is 0 Å². The summed E-state index contributed by atoms with van der Waals surface area (Å²) in [4.78, 5) is 0. The van der Waals surface area contributed by atoms with Crippen LogP contribution in [0.25, 0.3) is 0 Å². The van der Waals surface area contributed by atoms with Crippen LogP contribution in [-0.4, -0.2) is 70.8 Å². The fourth-order valence-electron chi connectivity index (χ4n) is 3.75. The molecule has 0 saturated carbocycles. The fourth-order valence-corrected chi connectivity index (χ4v) is 3.93. The molecule has 168 valence electrons. The van der Waals surface area contributed by atoms with Crippen molar-refractivity contribution in [1.29, 1.82) is 0 Å². The van der Waals surface area contributed by atoms with Crippen LogP contribution >= 0.6 is 11.6 Å². The van der Waals surface area contributed by atoms with Crippen LogP contribution in [0.5, 0.6) is 5.75 Å². The molecular weight excluding hydrogens is 424 g/mol. The van der Waals surface area contributed by atoms with E-state index in [9.17, 15) is 20.4 Å². The molecule has 31 heavy (non-hydrogen) atoms. The summed E-state index contributed by atoms with van der Waals surface area (Å²) in [6, 6.07) is 3.62. The van der Waals surface area contributed by atoms with E-state index in [0.717, 1.165) is 0 Å². The van der Waals surface area contributed by atoms with Crippen molar-refractivity contribution >= 4 is 11.6 Å². The number of aliphatic hydroxyl groups excluding tert-OH is 4. The monoisotopic (exact) mass is 454 g/mol. The van der Waals surface area contributed by atoms with Gasteiger partial charge in [-0.3, -0.25) is 0 Å². The van der Waals surface area contributed by atoms with Crippen molar-refractivity contribution in [2.45, 2.75) is 49.5 Å². The molecule has 0 spiro atoms. The predicted octanol–water partition coefficient (Wildman–Crippen LogP) is 1.61. The number of aliphatic hydroxyl groups is 4. The van der Waals surface area contributed by atoms with E-state index >= 15 is 0 Å². The summed E-state index contributed by atoms with van der Waals surface area (Å²) in [6.45, 7) is 0.184. The largest absolute Gasteiger partial charge is 0.488 e. The van der Waals surface area contributed by atoms with Gasteiger partial charge in [-0.2, -0.15) is 0 Å². The minimum atomic E-state index is -1.42. The van der Waals surface area contributed by atoms with Gasteiger partial charge in [0.2, 0.25) is 0 Å². The lowest BCUT2D eigenvalue weighted by Crippen LogP contribution is -2.40. The molecule has 0 bridgehead atoms. The molecular formula is C23H27ClO7. The van der Waals surface area contributed by atoms with Crippen LogP contribution < -0.4 is 4.74 Å². The van der Waals surface area contributed by atoms with Gasteiger partial charge in [-0.15, -0.1) is 0 Å².